The van der Waals surface area contributed by atoms with Crippen LogP contribution in [0.15, 0.2) is 72.0 Å². The molecule has 0 N–H and O–H groups in total. The zero-order valence-electron chi connectivity index (χ0n) is 14.1. The maximum Gasteiger partial charge on any atom is 0.275 e. The van der Waals surface area contributed by atoms with Crippen molar-refractivity contribution in [2.75, 3.05) is 11.4 Å². The summed E-state index contributed by atoms with van der Waals surface area (Å²) >= 11 is 0. The average Bonchev–Trinajstić information content (AvgIpc) is 2.64. The molecular formula is C20H19N3O2. The number of aryl methyl sites for hydroxylation is 1. The molecule has 0 bridgehead atoms. The molecule has 5 heteroatoms. The largest absolute Gasteiger partial charge is 0.307 e. The van der Waals surface area contributed by atoms with Crippen molar-refractivity contribution >= 4 is 22.4 Å². The van der Waals surface area contributed by atoms with Crippen LogP contribution in [0.3, 0.4) is 0 Å². The van der Waals surface area contributed by atoms with E-state index in [2.05, 4.69) is 11.7 Å². The van der Waals surface area contributed by atoms with E-state index >= 15 is 0 Å². The van der Waals surface area contributed by atoms with Crippen LogP contribution >= 0.6 is 0 Å². The number of fused-ring (bicyclic) bond motifs is 1. The zero-order valence-corrected chi connectivity index (χ0v) is 14.1. The number of anilines is 1. The average molecular weight is 333 g/mol. The highest BCUT2D eigenvalue weighted by Gasteiger charge is 2.17. The van der Waals surface area contributed by atoms with Gasteiger partial charge in [0.05, 0.1) is 11.1 Å². The Bertz CT molecular complexity index is 977. The number of amides is 1. The molecule has 126 valence electrons. The normalized spacial score (nSPS) is 10.6. The van der Waals surface area contributed by atoms with Crippen LogP contribution in [0, 0.1) is 6.92 Å². The molecule has 25 heavy (non-hydrogen) atoms. The maximum absolute atomic E-state index is 12.8. The fourth-order valence-corrected chi connectivity index (χ4v) is 2.81. The molecule has 1 aromatic heterocycles. The predicted molar refractivity (Wildman–Crippen MR) is 99.7 cm³/mol. The zero-order chi connectivity index (χ0) is 17.8. The van der Waals surface area contributed by atoms with E-state index in [1.54, 1.807) is 17.0 Å². The van der Waals surface area contributed by atoms with E-state index < -0.39 is 0 Å². The lowest BCUT2D eigenvalue weighted by molar-refractivity contribution is -0.119. The molecule has 0 spiro atoms. The molecule has 0 aliphatic heterocycles. The van der Waals surface area contributed by atoms with E-state index in [0.29, 0.717) is 11.9 Å². The Morgan fingerprint density at radius 3 is 2.44 bits per heavy atom. The second kappa shape index (κ2) is 7.13. The van der Waals surface area contributed by atoms with Crippen LogP contribution in [0.4, 0.5) is 5.69 Å². The molecule has 0 aliphatic carbocycles. The van der Waals surface area contributed by atoms with Crippen LogP contribution < -0.4 is 10.5 Å². The minimum atomic E-state index is -0.263. The van der Waals surface area contributed by atoms with Gasteiger partial charge in [0.1, 0.15) is 6.54 Å². The number of nitrogens with zero attached hydrogens (tertiary/aromatic N) is 3. The first-order valence-corrected chi connectivity index (χ1v) is 8.04. The second-order valence-electron chi connectivity index (χ2n) is 5.72. The van der Waals surface area contributed by atoms with E-state index in [-0.39, 0.29) is 18.0 Å². The summed E-state index contributed by atoms with van der Waals surface area (Å²) in [4.78, 5) is 27.0. The van der Waals surface area contributed by atoms with Crippen molar-refractivity contribution in [1.82, 2.24) is 9.78 Å². The third-order valence-electron chi connectivity index (χ3n) is 4.02. The molecule has 0 saturated heterocycles. The SMILES string of the molecule is C=CCN(C(=O)Cn1nc(C)c2ccccc2c1=O)c1ccccc1. The fraction of sp³-hybridized carbons (Fsp3) is 0.150. The fourth-order valence-electron chi connectivity index (χ4n) is 2.81. The minimum absolute atomic E-state index is 0.118. The number of aromatic nitrogens is 2. The van der Waals surface area contributed by atoms with E-state index in [1.165, 1.54) is 4.68 Å². The lowest BCUT2D eigenvalue weighted by Crippen LogP contribution is -2.37. The monoisotopic (exact) mass is 333 g/mol. The molecule has 0 saturated carbocycles. The summed E-state index contributed by atoms with van der Waals surface area (Å²) in [5.74, 6) is -0.213. The molecule has 1 heterocycles. The smallest absolute Gasteiger partial charge is 0.275 e. The van der Waals surface area contributed by atoms with Crippen LogP contribution in [-0.2, 0) is 11.3 Å². The van der Waals surface area contributed by atoms with Crippen LogP contribution in [0.2, 0.25) is 0 Å². The van der Waals surface area contributed by atoms with Crippen molar-refractivity contribution in [1.29, 1.82) is 0 Å². The summed E-state index contributed by atoms with van der Waals surface area (Å²) < 4.78 is 1.24. The molecule has 0 unspecified atom stereocenters. The standard InChI is InChI=1S/C20H19N3O2/c1-3-13-22(16-9-5-4-6-10-16)19(24)14-23-20(25)18-12-8-7-11-17(18)15(2)21-23/h3-12H,1,13-14H2,2H3. The Hall–Kier alpha value is -3.21. The highest BCUT2D eigenvalue weighted by molar-refractivity contribution is 5.93. The first kappa shape index (κ1) is 16.6. The summed E-state index contributed by atoms with van der Waals surface area (Å²) in [6.07, 6.45) is 1.66. The third-order valence-corrected chi connectivity index (χ3v) is 4.02. The first-order chi connectivity index (χ1) is 12.1. The second-order valence-corrected chi connectivity index (χ2v) is 5.72. The van der Waals surface area contributed by atoms with E-state index in [0.717, 1.165) is 16.8 Å². The summed E-state index contributed by atoms with van der Waals surface area (Å²) in [6, 6.07) is 16.6. The van der Waals surface area contributed by atoms with Gasteiger partial charge < -0.3 is 4.90 Å². The Labute approximate surface area is 145 Å². The van der Waals surface area contributed by atoms with E-state index in [1.807, 2.05) is 55.5 Å². The van der Waals surface area contributed by atoms with Crippen molar-refractivity contribution in [3.05, 3.63) is 83.3 Å². The molecule has 5 nitrogen and oxygen atoms in total. The van der Waals surface area contributed by atoms with Crippen molar-refractivity contribution in [2.24, 2.45) is 0 Å². The van der Waals surface area contributed by atoms with Crippen molar-refractivity contribution in [3.63, 3.8) is 0 Å². The number of carbonyl (C=O) groups excluding carboxylic acids is 1. The van der Waals surface area contributed by atoms with Crippen molar-refractivity contribution < 1.29 is 4.79 Å². The van der Waals surface area contributed by atoms with Gasteiger partial charge in [-0.25, -0.2) is 4.68 Å². The topological polar surface area (TPSA) is 55.2 Å². The van der Waals surface area contributed by atoms with Crippen LogP contribution in [0.25, 0.3) is 10.8 Å². The maximum atomic E-state index is 12.8. The lowest BCUT2D eigenvalue weighted by atomic mass is 10.1. The lowest BCUT2D eigenvalue weighted by Gasteiger charge is -2.21. The third kappa shape index (κ3) is 3.35. The van der Waals surface area contributed by atoms with Crippen LogP contribution in [-0.4, -0.2) is 22.2 Å². The highest BCUT2D eigenvalue weighted by atomic mass is 16.2. The molecular weight excluding hydrogens is 314 g/mol. The Balaban J connectivity index is 1.97. The van der Waals surface area contributed by atoms with Gasteiger partial charge in [0, 0.05) is 17.6 Å². The number of hydrogen-bond donors (Lipinski definition) is 0. The van der Waals surface area contributed by atoms with Crippen LogP contribution in [0.5, 0.6) is 0 Å². The van der Waals surface area contributed by atoms with Gasteiger partial charge in [0.25, 0.3) is 5.56 Å². The first-order valence-electron chi connectivity index (χ1n) is 8.04. The molecule has 3 rings (SSSR count). The van der Waals surface area contributed by atoms with Gasteiger partial charge in [-0.15, -0.1) is 6.58 Å². The Morgan fingerprint density at radius 1 is 1.12 bits per heavy atom. The number of benzene rings is 2. The minimum Gasteiger partial charge on any atom is -0.307 e. The molecule has 3 aromatic rings. The number of rotatable bonds is 5. The van der Waals surface area contributed by atoms with Gasteiger partial charge >= 0.3 is 0 Å². The highest BCUT2D eigenvalue weighted by Crippen LogP contribution is 2.15. The van der Waals surface area contributed by atoms with Crippen molar-refractivity contribution in [3.8, 4) is 0 Å². The summed E-state index contributed by atoms with van der Waals surface area (Å²) in [5, 5.41) is 5.68. The summed E-state index contributed by atoms with van der Waals surface area (Å²) in [6.45, 7) is 5.79. The Kier molecular flexibility index (Phi) is 4.75. The number of hydrogen-bond acceptors (Lipinski definition) is 3. The molecule has 0 radical (unpaired) electrons. The molecule has 0 fully saturated rings. The summed E-state index contributed by atoms with van der Waals surface area (Å²) in [5.41, 5.74) is 1.22. The Morgan fingerprint density at radius 2 is 1.76 bits per heavy atom. The number of para-hydroxylation sites is 1. The van der Waals surface area contributed by atoms with Gasteiger partial charge in [0.2, 0.25) is 5.91 Å². The van der Waals surface area contributed by atoms with Gasteiger partial charge in [-0.3, -0.25) is 9.59 Å². The van der Waals surface area contributed by atoms with E-state index in [4.69, 9.17) is 0 Å². The molecule has 2 aromatic carbocycles. The van der Waals surface area contributed by atoms with Crippen molar-refractivity contribution in [2.45, 2.75) is 13.5 Å². The quantitative estimate of drug-likeness (QED) is 0.675. The number of carbonyl (C=O) groups is 1. The van der Waals surface area contributed by atoms with Gasteiger partial charge in [-0.1, -0.05) is 42.5 Å². The van der Waals surface area contributed by atoms with Gasteiger partial charge in [-0.2, -0.15) is 5.10 Å². The predicted octanol–water partition coefficient (Wildman–Crippen LogP) is 2.92. The van der Waals surface area contributed by atoms with Gasteiger partial charge in [-0.05, 0) is 25.1 Å². The van der Waals surface area contributed by atoms with Crippen LogP contribution in [0.1, 0.15) is 5.69 Å². The summed E-state index contributed by atoms with van der Waals surface area (Å²) in [7, 11) is 0. The molecule has 0 aliphatic rings. The molecule has 1 amide bonds. The molecule has 0 atom stereocenters. The van der Waals surface area contributed by atoms with E-state index in [9.17, 15) is 9.59 Å². The van der Waals surface area contributed by atoms with Gasteiger partial charge in [0.15, 0.2) is 0 Å².